The predicted molar refractivity (Wildman–Crippen MR) is 145 cm³/mol. The number of hydrogen-bond acceptors (Lipinski definition) is 7. The number of nitrogens with one attached hydrogen (secondary N) is 1. The second-order valence-corrected chi connectivity index (χ2v) is 9.30. The lowest BCUT2D eigenvalue weighted by Gasteiger charge is -2.35. The quantitative estimate of drug-likeness (QED) is 0.363. The number of amides is 1. The van der Waals surface area contributed by atoms with Gasteiger partial charge in [0.05, 0.1) is 11.2 Å². The highest BCUT2D eigenvalue weighted by Crippen LogP contribution is 2.29. The van der Waals surface area contributed by atoms with Crippen molar-refractivity contribution in [3.8, 4) is 17.0 Å². The molecule has 0 atom stereocenters. The first-order valence-electron chi connectivity index (χ1n) is 12.0. The molecule has 1 fully saturated rings. The lowest BCUT2D eigenvalue weighted by molar-refractivity contribution is -0.133. The van der Waals surface area contributed by atoms with Crippen LogP contribution in [0.5, 0.6) is 5.75 Å². The summed E-state index contributed by atoms with van der Waals surface area (Å²) in [5.74, 6) is 1.41. The SMILES string of the molecule is Nc1nc(N2CCN(C(=O)COc3ccc(Cl)cc3)CC2)c2nc(-c3ccc4[nH]ccc4c3)ccc2n1. The van der Waals surface area contributed by atoms with Gasteiger partial charge in [0.1, 0.15) is 11.3 Å². The fourth-order valence-electron chi connectivity index (χ4n) is 4.55. The summed E-state index contributed by atoms with van der Waals surface area (Å²) in [6.45, 7) is 2.25. The molecule has 0 saturated carbocycles. The normalized spacial score (nSPS) is 13.9. The van der Waals surface area contributed by atoms with E-state index < -0.39 is 0 Å². The van der Waals surface area contributed by atoms with Crippen LogP contribution in [-0.2, 0) is 4.79 Å². The number of halogens is 1. The number of hydrogen-bond donors (Lipinski definition) is 2. The van der Waals surface area contributed by atoms with Crippen molar-refractivity contribution in [2.24, 2.45) is 0 Å². The second-order valence-electron chi connectivity index (χ2n) is 8.86. The molecule has 0 spiro atoms. The number of benzene rings is 2. The molecule has 0 aliphatic carbocycles. The summed E-state index contributed by atoms with van der Waals surface area (Å²) in [6.07, 6.45) is 1.92. The fraction of sp³-hybridized carbons (Fsp3) is 0.185. The van der Waals surface area contributed by atoms with Gasteiger partial charge < -0.3 is 25.3 Å². The minimum absolute atomic E-state index is 0.0264. The van der Waals surface area contributed by atoms with Crippen molar-refractivity contribution in [3.05, 3.63) is 71.9 Å². The van der Waals surface area contributed by atoms with Crippen LogP contribution in [0.3, 0.4) is 0 Å². The van der Waals surface area contributed by atoms with Crippen LogP contribution >= 0.6 is 11.6 Å². The van der Waals surface area contributed by atoms with Crippen LogP contribution in [0, 0.1) is 0 Å². The Balaban J connectivity index is 1.19. The molecule has 0 bridgehead atoms. The average molecular weight is 514 g/mol. The van der Waals surface area contributed by atoms with Crippen molar-refractivity contribution in [2.75, 3.05) is 43.4 Å². The van der Waals surface area contributed by atoms with Gasteiger partial charge in [-0.25, -0.2) is 9.97 Å². The molecule has 5 aromatic rings. The third-order valence-corrected chi connectivity index (χ3v) is 6.75. The second kappa shape index (κ2) is 9.59. The zero-order valence-electron chi connectivity index (χ0n) is 19.9. The Hall–Kier alpha value is -4.37. The minimum atomic E-state index is -0.0674. The Bertz CT molecular complexity index is 1590. The number of carbonyl (C=O) groups excluding carboxylic acids is 1. The highest BCUT2D eigenvalue weighted by Gasteiger charge is 2.24. The van der Waals surface area contributed by atoms with E-state index in [4.69, 9.17) is 27.1 Å². The third kappa shape index (κ3) is 4.73. The number of aromatic amines is 1. The number of aromatic nitrogens is 4. The van der Waals surface area contributed by atoms with E-state index in [2.05, 4.69) is 25.9 Å². The zero-order valence-corrected chi connectivity index (χ0v) is 20.7. The van der Waals surface area contributed by atoms with Gasteiger partial charge in [-0.2, -0.15) is 4.98 Å². The molecular weight excluding hydrogens is 490 g/mol. The topological polar surface area (TPSA) is 113 Å². The van der Waals surface area contributed by atoms with Crippen molar-refractivity contribution < 1.29 is 9.53 Å². The molecule has 3 N–H and O–H groups in total. The molecule has 10 heteroatoms. The van der Waals surface area contributed by atoms with Gasteiger partial charge >= 0.3 is 0 Å². The largest absolute Gasteiger partial charge is 0.484 e. The smallest absolute Gasteiger partial charge is 0.260 e. The molecule has 0 radical (unpaired) electrons. The van der Waals surface area contributed by atoms with Crippen LogP contribution in [0.4, 0.5) is 11.8 Å². The van der Waals surface area contributed by atoms with E-state index in [9.17, 15) is 4.79 Å². The Morgan fingerprint density at radius 3 is 2.59 bits per heavy atom. The first kappa shape index (κ1) is 23.1. The Morgan fingerprint density at radius 1 is 0.973 bits per heavy atom. The molecule has 1 saturated heterocycles. The Morgan fingerprint density at radius 2 is 1.78 bits per heavy atom. The summed E-state index contributed by atoms with van der Waals surface area (Å²) in [5.41, 5.74) is 10.3. The number of rotatable bonds is 5. The molecule has 0 unspecified atom stereocenters. The number of ether oxygens (including phenoxy) is 1. The van der Waals surface area contributed by atoms with Crippen LogP contribution in [0.2, 0.25) is 5.02 Å². The number of H-pyrrole nitrogens is 1. The lowest BCUT2D eigenvalue weighted by Crippen LogP contribution is -2.50. The van der Waals surface area contributed by atoms with E-state index in [-0.39, 0.29) is 18.5 Å². The van der Waals surface area contributed by atoms with Gasteiger partial charge in [0.2, 0.25) is 5.95 Å². The number of nitrogen functional groups attached to an aromatic ring is 1. The molecule has 9 nitrogen and oxygen atoms in total. The first-order valence-corrected chi connectivity index (χ1v) is 12.3. The highest BCUT2D eigenvalue weighted by atomic mass is 35.5. The molecule has 2 aromatic carbocycles. The number of anilines is 2. The zero-order chi connectivity index (χ0) is 25.4. The summed E-state index contributed by atoms with van der Waals surface area (Å²) in [7, 11) is 0. The van der Waals surface area contributed by atoms with E-state index in [1.165, 1.54) is 0 Å². The van der Waals surface area contributed by atoms with Crippen LogP contribution in [0.25, 0.3) is 33.2 Å². The number of pyridine rings is 1. The van der Waals surface area contributed by atoms with Crippen molar-refractivity contribution in [3.63, 3.8) is 0 Å². The summed E-state index contributed by atoms with van der Waals surface area (Å²) < 4.78 is 5.63. The van der Waals surface area contributed by atoms with E-state index in [1.807, 2.05) is 36.5 Å². The maximum absolute atomic E-state index is 12.7. The number of fused-ring (bicyclic) bond motifs is 2. The molecule has 1 aliphatic rings. The minimum Gasteiger partial charge on any atom is -0.484 e. The monoisotopic (exact) mass is 513 g/mol. The summed E-state index contributed by atoms with van der Waals surface area (Å²) in [5, 5.41) is 1.74. The Labute approximate surface area is 217 Å². The van der Waals surface area contributed by atoms with E-state index in [1.54, 1.807) is 29.2 Å². The fourth-order valence-corrected chi connectivity index (χ4v) is 4.67. The highest BCUT2D eigenvalue weighted by molar-refractivity contribution is 6.30. The summed E-state index contributed by atoms with van der Waals surface area (Å²) >= 11 is 5.91. The van der Waals surface area contributed by atoms with Gasteiger partial charge in [-0.1, -0.05) is 17.7 Å². The number of nitrogens with zero attached hydrogens (tertiary/aromatic N) is 5. The van der Waals surface area contributed by atoms with E-state index in [0.717, 1.165) is 22.2 Å². The van der Waals surface area contributed by atoms with Crippen LogP contribution in [0.1, 0.15) is 0 Å². The van der Waals surface area contributed by atoms with Gasteiger partial charge in [-0.05, 0) is 54.6 Å². The Kier molecular flexibility index (Phi) is 5.97. The first-order chi connectivity index (χ1) is 18.0. The molecule has 4 heterocycles. The van der Waals surface area contributed by atoms with Crippen molar-refractivity contribution >= 4 is 51.2 Å². The van der Waals surface area contributed by atoms with Gasteiger partial charge in [0.25, 0.3) is 5.91 Å². The van der Waals surface area contributed by atoms with Gasteiger partial charge in [0.15, 0.2) is 12.4 Å². The molecule has 1 aliphatic heterocycles. The molecule has 6 rings (SSSR count). The molecule has 186 valence electrons. The predicted octanol–water partition coefficient (Wildman–Crippen LogP) is 4.14. The molecule has 1 amide bonds. The van der Waals surface area contributed by atoms with Crippen molar-refractivity contribution in [1.82, 2.24) is 24.8 Å². The summed E-state index contributed by atoms with van der Waals surface area (Å²) in [4.78, 5) is 33.7. The van der Waals surface area contributed by atoms with Crippen molar-refractivity contribution in [1.29, 1.82) is 0 Å². The van der Waals surface area contributed by atoms with Crippen molar-refractivity contribution in [2.45, 2.75) is 0 Å². The standard InChI is InChI=1S/C27H24ClN7O2/c28-19-2-4-20(5-3-19)37-16-24(36)34-11-13-35(14-12-34)26-25-23(32-27(29)33-26)8-7-22(31-25)17-1-6-21-18(15-17)9-10-30-21/h1-10,15,30H,11-14,16H2,(H2,29,32,33). The van der Waals surface area contributed by atoms with Crippen LogP contribution in [0.15, 0.2) is 66.9 Å². The number of carbonyl (C=O) groups is 1. The number of piperazine rings is 1. The molecule has 37 heavy (non-hydrogen) atoms. The average Bonchev–Trinajstić information content (AvgIpc) is 3.40. The van der Waals surface area contributed by atoms with Gasteiger partial charge in [0, 0.05) is 53.9 Å². The maximum atomic E-state index is 12.7. The van der Waals surface area contributed by atoms with E-state index >= 15 is 0 Å². The van der Waals surface area contributed by atoms with Crippen LogP contribution in [-0.4, -0.2) is 63.5 Å². The molecular formula is C27H24ClN7O2. The maximum Gasteiger partial charge on any atom is 0.260 e. The molecule has 3 aromatic heterocycles. The number of nitrogens with two attached hydrogens (primary N) is 1. The van der Waals surface area contributed by atoms with Crippen LogP contribution < -0.4 is 15.4 Å². The lowest BCUT2D eigenvalue weighted by atomic mass is 10.1. The van der Waals surface area contributed by atoms with Gasteiger partial charge in [-0.3, -0.25) is 4.79 Å². The summed E-state index contributed by atoms with van der Waals surface area (Å²) in [6, 6.07) is 19.1. The van der Waals surface area contributed by atoms with E-state index in [0.29, 0.717) is 53.8 Å². The third-order valence-electron chi connectivity index (χ3n) is 6.50. The van der Waals surface area contributed by atoms with Gasteiger partial charge in [-0.15, -0.1) is 0 Å².